The fourth-order valence-corrected chi connectivity index (χ4v) is 3.03. The van der Waals surface area contributed by atoms with Gasteiger partial charge in [-0.2, -0.15) is 0 Å². The highest BCUT2D eigenvalue weighted by Crippen LogP contribution is 2.33. The molecule has 1 saturated heterocycles. The van der Waals surface area contributed by atoms with E-state index in [9.17, 15) is 9.59 Å². The molecule has 1 aromatic carbocycles. The maximum Gasteiger partial charge on any atom is 0.228 e. The number of carbonyl (C=O) groups excluding carboxylic acids is 2. The van der Waals surface area contributed by atoms with Gasteiger partial charge in [-0.05, 0) is 30.5 Å². The van der Waals surface area contributed by atoms with Crippen molar-refractivity contribution >= 4 is 11.8 Å². The van der Waals surface area contributed by atoms with E-state index in [0.717, 1.165) is 24.2 Å². The first-order valence-electron chi connectivity index (χ1n) is 7.76. The van der Waals surface area contributed by atoms with Crippen molar-refractivity contribution in [2.24, 2.45) is 5.92 Å². The third-order valence-corrected chi connectivity index (χ3v) is 4.45. The van der Waals surface area contributed by atoms with Crippen molar-refractivity contribution < 1.29 is 14.3 Å². The molecule has 0 bridgehead atoms. The number of methoxy groups -OCH3 is 1. The summed E-state index contributed by atoms with van der Waals surface area (Å²) >= 11 is 0. The third-order valence-electron chi connectivity index (χ3n) is 4.45. The maximum absolute atomic E-state index is 12.5. The summed E-state index contributed by atoms with van der Waals surface area (Å²) in [6.07, 6.45) is 2.55. The Balaban J connectivity index is 1.58. The van der Waals surface area contributed by atoms with E-state index in [1.165, 1.54) is 0 Å². The highest BCUT2D eigenvalue weighted by Gasteiger charge is 2.42. The van der Waals surface area contributed by atoms with Gasteiger partial charge in [0.1, 0.15) is 5.75 Å². The predicted molar refractivity (Wildman–Crippen MR) is 82.3 cm³/mol. The predicted octanol–water partition coefficient (Wildman–Crippen LogP) is 1.66. The first-order valence-corrected chi connectivity index (χ1v) is 7.76. The lowest BCUT2D eigenvalue weighted by Gasteiger charge is -2.21. The van der Waals surface area contributed by atoms with Gasteiger partial charge in [0.05, 0.1) is 13.0 Å². The van der Waals surface area contributed by atoms with Crippen molar-refractivity contribution in [2.75, 3.05) is 20.7 Å². The second-order valence-electron chi connectivity index (χ2n) is 6.22. The first-order chi connectivity index (χ1) is 10.6. The molecule has 2 amide bonds. The van der Waals surface area contributed by atoms with E-state index in [-0.39, 0.29) is 17.7 Å². The lowest BCUT2D eigenvalue weighted by molar-refractivity contribution is -0.135. The summed E-state index contributed by atoms with van der Waals surface area (Å²) < 4.78 is 5.13. The van der Waals surface area contributed by atoms with E-state index >= 15 is 0 Å². The zero-order valence-electron chi connectivity index (χ0n) is 13.1. The van der Waals surface area contributed by atoms with Crippen LogP contribution in [0.2, 0.25) is 0 Å². The molecular formula is C17H22N2O3. The third kappa shape index (κ3) is 3.08. The molecule has 0 N–H and O–H groups in total. The average Bonchev–Trinajstić information content (AvgIpc) is 3.29. The Morgan fingerprint density at radius 1 is 1.32 bits per heavy atom. The van der Waals surface area contributed by atoms with Gasteiger partial charge in [-0.25, -0.2) is 0 Å². The summed E-state index contributed by atoms with van der Waals surface area (Å²) in [5, 5.41) is 0. The maximum atomic E-state index is 12.5. The summed E-state index contributed by atoms with van der Waals surface area (Å²) in [5.41, 5.74) is 1.06. The van der Waals surface area contributed by atoms with E-state index in [4.69, 9.17) is 4.74 Å². The molecule has 22 heavy (non-hydrogen) atoms. The van der Waals surface area contributed by atoms with Crippen LogP contribution in [-0.2, 0) is 16.1 Å². The molecule has 5 heteroatoms. The number of nitrogens with zero attached hydrogens (tertiary/aromatic N) is 2. The second-order valence-corrected chi connectivity index (χ2v) is 6.22. The molecule has 1 atom stereocenters. The molecule has 1 aliphatic carbocycles. The highest BCUT2D eigenvalue weighted by atomic mass is 16.5. The van der Waals surface area contributed by atoms with Crippen LogP contribution in [0.5, 0.6) is 5.75 Å². The van der Waals surface area contributed by atoms with Crippen LogP contribution in [0.3, 0.4) is 0 Å². The Morgan fingerprint density at radius 2 is 2.00 bits per heavy atom. The van der Waals surface area contributed by atoms with Crippen LogP contribution in [0.25, 0.3) is 0 Å². The number of rotatable bonds is 5. The quantitative estimate of drug-likeness (QED) is 0.831. The number of hydrogen-bond donors (Lipinski definition) is 0. The van der Waals surface area contributed by atoms with Crippen molar-refractivity contribution in [3.05, 3.63) is 29.8 Å². The molecule has 2 fully saturated rings. The lowest BCUT2D eigenvalue weighted by atomic mass is 10.1. The fourth-order valence-electron chi connectivity index (χ4n) is 3.03. The summed E-state index contributed by atoms with van der Waals surface area (Å²) in [6.45, 7) is 1.15. The van der Waals surface area contributed by atoms with Gasteiger partial charge >= 0.3 is 0 Å². The van der Waals surface area contributed by atoms with Crippen LogP contribution < -0.4 is 4.74 Å². The van der Waals surface area contributed by atoms with Crippen molar-refractivity contribution in [2.45, 2.75) is 31.8 Å². The molecule has 1 saturated carbocycles. The molecule has 0 unspecified atom stereocenters. The minimum Gasteiger partial charge on any atom is -0.497 e. The van der Waals surface area contributed by atoms with Crippen molar-refractivity contribution in [3.8, 4) is 5.75 Å². The fraction of sp³-hybridized carbons (Fsp3) is 0.529. The number of benzene rings is 1. The van der Waals surface area contributed by atoms with Gasteiger partial charge in [-0.15, -0.1) is 0 Å². The first kappa shape index (κ1) is 14.9. The second kappa shape index (κ2) is 5.99. The number of ether oxygens (including phenoxy) is 1. The van der Waals surface area contributed by atoms with E-state index in [2.05, 4.69) is 0 Å². The number of carbonyl (C=O) groups is 2. The molecule has 1 heterocycles. The zero-order chi connectivity index (χ0) is 15.7. The minimum atomic E-state index is -0.184. The summed E-state index contributed by atoms with van der Waals surface area (Å²) in [6, 6.07) is 8.10. The van der Waals surface area contributed by atoms with Gasteiger partial charge < -0.3 is 14.5 Å². The van der Waals surface area contributed by atoms with Crippen LogP contribution in [0.1, 0.15) is 24.8 Å². The zero-order valence-corrected chi connectivity index (χ0v) is 13.1. The molecule has 118 valence electrons. The van der Waals surface area contributed by atoms with Crippen LogP contribution in [0.4, 0.5) is 0 Å². The summed E-state index contributed by atoms with van der Waals surface area (Å²) in [5.74, 6) is 0.821. The van der Waals surface area contributed by atoms with Crippen LogP contribution >= 0.6 is 0 Å². The van der Waals surface area contributed by atoms with Crippen molar-refractivity contribution in [3.63, 3.8) is 0 Å². The Bertz CT molecular complexity index is 566. The Hall–Kier alpha value is -2.04. The Kier molecular flexibility index (Phi) is 4.05. The largest absolute Gasteiger partial charge is 0.497 e. The summed E-state index contributed by atoms with van der Waals surface area (Å²) in [7, 11) is 3.43. The number of amides is 2. The lowest BCUT2D eigenvalue weighted by Crippen LogP contribution is -2.34. The van der Waals surface area contributed by atoms with Gasteiger partial charge in [0.25, 0.3) is 0 Å². The molecule has 0 aromatic heterocycles. The Labute approximate surface area is 130 Å². The van der Waals surface area contributed by atoms with Gasteiger partial charge in [0.15, 0.2) is 0 Å². The molecule has 2 aliphatic rings. The summed E-state index contributed by atoms with van der Waals surface area (Å²) in [4.78, 5) is 28.1. The van der Waals surface area contributed by atoms with Crippen LogP contribution in [0.15, 0.2) is 24.3 Å². The van der Waals surface area contributed by atoms with Crippen LogP contribution in [0, 0.1) is 5.92 Å². The molecule has 1 aliphatic heterocycles. The van der Waals surface area contributed by atoms with E-state index in [1.54, 1.807) is 19.1 Å². The van der Waals surface area contributed by atoms with Gasteiger partial charge in [-0.3, -0.25) is 9.59 Å². The van der Waals surface area contributed by atoms with E-state index in [1.807, 2.05) is 29.2 Å². The van der Waals surface area contributed by atoms with Gasteiger partial charge in [-0.1, -0.05) is 12.1 Å². The van der Waals surface area contributed by atoms with Crippen LogP contribution in [-0.4, -0.2) is 48.4 Å². The minimum absolute atomic E-state index is 0.0623. The van der Waals surface area contributed by atoms with E-state index < -0.39 is 0 Å². The van der Waals surface area contributed by atoms with Gasteiger partial charge in [0, 0.05) is 32.6 Å². The average molecular weight is 302 g/mol. The number of likely N-dealkylation sites (tertiary alicyclic amines) is 1. The van der Waals surface area contributed by atoms with Gasteiger partial charge in [0.2, 0.25) is 11.8 Å². The van der Waals surface area contributed by atoms with E-state index in [0.29, 0.717) is 25.6 Å². The van der Waals surface area contributed by atoms with Crippen molar-refractivity contribution in [1.82, 2.24) is 9.80 Å². The molecule has 3 rings (SSSR count). The molecule has 0 radical (unpaired) electrons. The monoisotopic (exact) mass is 302 g/mol. The molecule has 5 nitrogen and oxygen atoms in total. The molecule has 0 spiro atoms. The smallest absolute Gasteiger partial charge is 0.228 e. The SMILES string of the molecule is COc1ccc(CN(C)C(=O)[C@H]2CC(=O)N(C3CC3)C2)cc1. The molecular weight excluding hydrogens is 280 g/mol. The standard InChI is InChI=1S/C17H22N2O3/c1-18(10-12-3-7-15(22-2)8-4-12)17(21)13-9-16(20)19(11-13)14-5-6-14/h3-4,7-8,13-14H,5-6,9-11H2,1-2H3/t13-/m0/s1. The topological polar surface area (TPSA) is 49.9 Å². The Morgan fingerprint density at radius 3 is 2.59 bits per heavy atom. The number of hydrogen-bond acceptors (Lipinski definition) is 3. The molecule has 1 aromatic rings. The normalized spacial score (nSPS) is 21.1. The van der Waals surface area contributed by atoms with Crippen molar-refractivity contribution in [1.29, 1.82) is 0 Å². The highest BCUT2D eigenvalue weighted by molar-refractivity contribution is 5.89.